The third kappa shape index (κ3) is 3.85. The summed E-state index contributed by atoms with van der Waals surface area (Å²) in [5.74, 6) is -6.53. The number of Topliss-reactive ketones (excluding diaryl/α,β-unsaturated/α-hetero) is 2. The number of aromatic nitrogens is 1. The molecule has 3 aliphatic carbocycles. The number of carbonyl (C=O) groups excluding carboxylic acids is 3. The first-order chi connectivity index (χ1) is 19.5. The molecule has 4 unspecified atom stereocenters. The van der Waals surface area contributed by atoms with Crippen LogP contribution in [0.25, 0.3) is 17.2 Å². The van der Waals surface area contributed by atoms with Crippen LogP contribution in [0.3, 0.4) is 0 Å². The van der Waals surface area contributed by atoms with Gasteiger partial charge in [0.15, 0.2) is 11.4 Å². The molecule has 6 rings (SSSR count). The average Bonchev–Trinajstić information content (AvgIpc) is 3.42. The maximum atomic E-state index is 14.1. The Balaban J connectivity index is 1.52. The van der Waals surface area contributed by atoms with Gasteiger partial charge in [-0.25, -0.2) is 4.98 Å². The van der Waals surface area contributed by atoms with Crippen molar-refractivity contribution in [1.82, 2.24) is 9.88 Å². The number of amides is 1. The van der Waals surface area contributed by atoms with Gasteiger partial charge in [-0.2, -0.15) is 0 Å². The Morgan fingerprint density at radius 1 is 1.17 bits per heavy atom. The van der Waals surface area contributed by atoms with E-state index in [4.69, 9.17) is 14.9 Å². The zero-order valence-corrected chi connectivity index (χ0v) is 22.6. The minimum absolute atomic E-state index is 0.00284. The number of aromatic hydroxyl groups is 1. The van der Waals surface area contributed by atoms with Gasteiger partial charge >= 0.3 is 0 Å². The number of rotatable bonds is 4. The summed E-state index contributed by atoms with van der Waals surface area (Å²) >= 11 is 0. The van der Waals surface area contributed by atoms with Gasteiger partial charge in [-0.15, -0.1) is 0 Å². The summed E-state index contributed by atoms with van der Waals surface area (Å²) in [5.41, 5.74) is 3.44. The monoisotopic (exact) mass is 565 g/mol. The Hall–Kier alpha value is -4.00. The molecule has 1 aromatic carbocycles. The molecule has 2 heterocycles. The molecule has 0 radical (unpaired) electrons. The van der Waals surface area contributed by atoms with Gasteiger partial charge in [0.25, 0.3) is 5.91 Å². The lowest BCUT2D eigenvalue weighted by atomic mass is 9.57. The van der Waals surface area contributed by atoms with E-state index in [1.807, 2.05) is 13.8 Å². The van der Waals surface area contributed by atoms with Crippen molar-refractivity contribution in [3.05, 3.63) is 52.1 Å². The third-order valence-corrected chi connectivity index (χ3v) is 8.83. The number of benzene rings is 1. The molecule has 41 heavy (non-hydrogen) atoms. The van der Waals surface area contributed by atoms with Crippen LogP contribution >= 0.6 is 0 Å². The van der Waals surface area contributed by atoms with E-state index in [1.165, 1.54) is 6.07 Å². The minimum Gasteiger partial charge on any atom is -0.508 e. The normalized spacial score (nSPS) is 28.5. The lowest BCUT2D eigenvalue weighted by molar-refractivity contribution is -0.157. The Morgan fingerprint density at radius 2 is 1.88 bits per heavy atom. The Kier molecular flexibility index (Phi) is 6.32. The number of aliphatic hydroxyl groups excluding tert-OH is 2. The van der Waals surface area contributed by atoms with Crippen LogP contribution in [-0.4, -0.2) is 85.7 Å². The third-order valence-electron chi connectivity index (χ3n) is 8.83. The standard InChI is InChI=1S/C29H31N3O9/c1-12(2)17-11-41-28(31-17)14-3-4-18(33)20-15(14)9-13-10-16-22(32-5-7-40-8-6-32)24(35)21(27(30)38)26(37)29(16,39)25(36)19(13)23(20)34/h3-4,11-13,16,22,33-34,37,39H,5-10H2,1-2H3,(H2,30,38). The first-order valence-corrected chi connectivity index (χ1v) is 13.6. The lowest BCUT2D eigenvalue weighted by Gasteiger charge is -2.51. The molecular weight excluding hydrogens is 534 g/mol. The van der Waals surface area contributed by atoms with Gasteiger partial charge < -0.3 is 35.3 Å². The van der Waals surface area contributed by atoms with Crippen LogP contribution in [0.1, 0.15) is 43.0 Å². The van der Waals surface area contributed by atoms with Crippen molar-refractivity contribution in [3.8, 4) is 17.2 Å². The lowest BCUT2D eigenvalue weighted by Crippen LogP contribution is -2.67. The van der Waals surface area contributed by atoms with Crippen molar-refractivity contribution >= 4 is 23.2 Å². The number of hydrogen-bond donors (Lipinski definition) is 5. The predicted octanol–water partition coefficient (Wildman–Crippen LogP) is 1.51. The number of phenols is 1. The minimum atomic E-state index is -2.69. The summed E-state index contributed by atoms with van der Waals surface area (Å²) in [6.07, 6.45) is 1.69. The molecule has 12 heteroatoms. The Labute approximate surface area is 234 Å². The SMILES string of the molecule is CC(C)c1coc(-c2ccc(O)c3c2CC2CC4C(N5CCOCC5)C(=O)C(C(N)=O)=C(O)C4(O)C(=O)C2=C3O)n1. The zero-order chi connectivity index (χ0) is 29.4. The van der Waals surface area contributed by atoms with Crippen molar-refractivity contribution in [2.45, 2.75) is 44.2 Å². The zero-order valence-electron chi connectivity index (χ0n) is 22.6. The van der Waals surface area contributed by atoms with Crippen LogP contribution in [0.15, 0.2) is 39.7 Å². The van der Waals surface area contributed by atoms with E-state index < -0.39 is 58.0 Å². The number of carbonyl (C=O) groups is 3. The van der Waals surface area contributed by atoms with Crippen LogP contribution < -0.4 is 5.73 Å². The number of nitrogens with two attached hydrogens (primary N) is 1. The van der Waals surface area contributed by atoms with Gasteiger partial charge in [0.1, 0.15) is 29.1 Å². The molecule has 12 nitrogen and oxygen atoms in total. The molecular formula is C29H31N3O9. The van der Waals surface area contributed by atoms with E-state index in [-0.39, 0.29) is 41.5 Å². The summed E-state index contributed by atoms with van der Waals surface area (Å²) in [7, 11) is 0. The summed E-state index contributed by atoms with van der Waals surface area (Å²) in [6, 6.07) is 1.84. The second-order valence-electron chi connectivity index (χ2n) is 11.4. The number of ketones is 2. The van der Waals surface area contributed by atoms with E-state index in [9.17, 15) is 34.8 Å². The first-order valence-electron chi connectivity index (χ1n) is 13.6. The molecule has 1 aromatic heterocycles. The van der Waals surface area contributed by atoms with Crippen LogP contribution in [0.2, 0.25) is 0 Å². The summed E-state index contributed by atoms with van der Waals surface area (Å²) in [5, 5.41) is 45.2. The summed E-state index contributed by atoms with van der Waals surface area (Å²) in [4.78, 5) is 46.3. The van der Waals surface area contributed by atoms with Gasteiger partial charge in [-0.3, -0.25) is 19.3 Å². The number of hydrogen-bond acceptors (Lipinski definition) is 11. The molecule has 4 aliphatic rings. The van der Waals surface area contributed by atoms with Gasteiger partial charge in [0.05, 0.1) is 30.5 Å². The average molecular weight is 566 g/mol. The molecule has 2 fully saturated rings. The highest BCUT2D eigenvalue weighted by molar-refractivity contribution is 6.24. The fourth-order valence-corrected chi connectivity index (χ4v) is 6.80. The highest BCUT2D eigenvalue weighted by atomic mass is 16.5. The Bertz CT molecular complexity index is 1550. The fourth-order valence-electron chi connectivity index (χ4n) is 6.80. The smallest absolute Gasteiger partial charge is 0.255 e. The number of ether oxygens (including phenoxy) is 1. The second-order valence-corrected chi connectivity index (χ2v) is 11.4. The van der Waals surface area contributed by atoms with Crippen LogP contribution in [-0.2, 0) is 25.5 Å². The number of aliphatic hydroxyl groups is 3. The summed E-state index contributed by atoms with van der Waals surface area (Å²) in [6.45, 7) is 5.12. The summed E-state index contributed by atoms with van der Waals surface area (Å²) < 4.78 is 11.1. The number of phenolic OH excluding ortho intramolecular Hbond substituents is 1. The molecule has 1 saturated heterocycles. The fraction of sp³-hybridized carbons (Fsp3) is 0.448. The molecule has 0 spiro atoms. The topological polar surface area (TPSA) is 197 Å². The van der Waals surface area contributed by atoms with Crippen molar-refractivity contribution in [2.24, 2.45) is 17.6 Å². The molecule has 0 bridgehead atoms. The maximum Gasteiger partial charge on any atom is 0.255 e. The molecule has 4 atom stereocenters. The molecule has 1 amide bonds. The number of fused-ring (bicyclic) bond motifs is 3. The number of morpholine rings is 1. The number of primary amides is 1. The van der Waals surface area contributed by atoms with Crippen molar-refractivity contribution < 1.29 is 44.0 Å². The highest BCUT2D eigenvalue weighted by Gasteiger charge is 2.64. The molecule has 6 N–H and O–H groups in total. The van der Waals surface area contributed by atoms with Gasteiger partial charge in [-0.1, -0.05) is 13.8 Å². The highest BCUT2D eigenvalue weighted by Crippen LogP contribution is 2.53. The first kappa shape index (κ1) is 27.2. The van der Waals surface area contributed by atoms with E-state index >= 15 is 0 Å². The van der Waals surface area contributed by atoms with Crippen LogP contribution in [0.5, 0.6) is 5.75 Å². The van der Waals surface area contributed by atoms with E-state index in [0.29, 0.717) is 37.4 Å². The van der Waals surface area contributed by atoms with Crippen molar-refractivity contribution in [1.29, 1.82) is 0 Å². The number of oxazole rings is 1. The van der Waals surface area contributed by atoms with Crippen molar-refractivity contribution in [2.75, 3.05) is 26.3 Å². The molecule has 2 aromatic rings. The van der Waals surface area contributed by atoms with E-state index in [2.05, 4.69) is 4.98 Å². The van der Waals surface area contributed by atoms with E-state index in [1.54, 1.807) is 17.2 Å². The Morgan fingerprint density at radius 3 is 2.51 bits per heavy atom. The van der Waals surface area contributed by atoms with Crippen LogP contribution in [0, 0.1) is 11.8 Å². The predicted molar refractivity (Wildman–Crippen MR) is 143 cm³/mol. The molecule has 1 saturated carbocycles. The van der Waals surface area contributed by atoms with Gasteiger partial charge in [0, 0.05) is 30.1 Å². The maximum absolute atomic E-state index is 14.1. The van der Waals surface area contributed by atoms with Gasteiger partial charge in [-0.05, 0) is 42.4 Å². The second kappa shape index (κ2) is 9.54. The van der Waals surface area contributed by atoms with Crippen molar-refractivity contribution in [3.63, 3.8) is 0 Å². The molecule has 216 valence electrons. The molecule has 1 aliphatic heterocycles. The number of nitrogens with zero attached hydrogens (tertiary/aromatic N) is 2. The van der Waals surface area contributed by atoms with E-state index in [0.717, 1.165) is 5.69 Å². The largest absolute Gasteiger partial charge is 0.508 e. The van der Waals surface area contributed by atoms with Gasteiger partial charge in [0.2, 0.25) is 11.7 Å². The quantitative estimate of drug-likeness (QED) is 0.337. The van der Waals surface area contributed by atoms with Crippen LogP contribution in [0.4, 0.5) is 0 Å².